The van der Waals surface area contributed by atoms with Crippen molar-refractivity contribution in [2.75, 3.05) is 30.1 Å². The maximum absolute atomic E-state index is 12.7. The second-order valence-corrected chi connectivity index (χ2v) is 9.23. The zero-order chi connectivity index (χ0) is 23.3. The van der Waals surface area contributed by atoms with Gasteiger partial charge >= 0.3 is 0 Å². The molecule has 0 saturated carbocycles. The van der Waals surface area contributed by atoms with Crippen LogP contribution in [0.2, 0.25) is 0 Å². The standard InChI is InChI=1S/C24H26N2O5S/c1-17-6-5-7-20(14-17)26(32(4,28)29)16-18-8-10-19(11-9-18)24(27)25-22-13-12-21(30-2)15-23(22)31-3/h5-15H,16H2,1-4H3,(H,25,27). The van der Waals surface area contributed by atoms with Gasteiger partial charge in [-0.1, -0.05) is 24.3 Å². The van der Waals surface area contributed by atoms with Crippen LogP contribution in [-0.2, 0) is 16.6 Å². The van der Waals surface area contributed by atoms with Crippen LogP contribution in [0.4, 0.5) is 11.4 Å². The molecule has 1 amide bonds. The van der Waals surface area contributed by atoms with Gasteiger partial charge in [0.1, 0.15) is 11.5 Å². The highest BCUT2D eigenvalue weighted by Gasteiger charge is 2.18. The molecule has 168 valence electrons. The van der Waals surface area contributed by atoms with Crippen molar-refractivity contribution in [3.8, 4) is 11.5 Å². The highest BCUT2D eigenvalue weighted by Crippen LogP contribution is 2.29. The number of hydrogen-bond donors (Lipinski definition) is 1. The van der Waals surface area contributed by atoms with Crippen LogP contribution in [0.25, 0.3) is 0 Å². The number of carbonyl (C=O) groups is 1. The maximum atomic E-state index is 12.7. The molecule has 0 bridgehead atoms. The molecule has 0 heterocycles. The van der Waals surface area contributed by atoms with E-state index in [0.717, 1.165) is 11.1 Å². The Labute approximate surface area is 188 Å². The highest BCUT2D eigenvalue weighted by molar-refractivity contribution is 7.92. The van der Waals surface area contributed by atoms with Gasteiger partial charge in [0.15, 0.2) is 0 Å². The summed E-state index contributed by atoms with van der Waals surface area (Å²) in [7, 11) is -0.415. The highest BCUT2D eigenvalue weighted by atomic mass is 32.2. The van der Waals surface area contributed by atoms with Gasteiger partial charge in [0.05, 0.1) is 38.4 Å². The fraction of sp³-hybridized carbons (Fsp3) is 0.208. The van der Waals surface area contributed by atoms with Crippen molar-refractivity contribution in [2.45, 2.75) is 13.5 Å². The van der Waals surface area contributed by atoms with Crippen LogP contribution < -0.4 is 19.1 Å². The van der Waals surface area contributed by atoms with Gasteiger partial charge in [-0.25, -0.2) is 8.42 Å². The number of carbonyl (C=O) groups excluding carboxylic acids is 1. The molecule has 32 heavy (non-hydrogen) atoms. The summed E-state index contributed by atoms with van der Waals surface area (Å²) in [6.45, 7) is 2.08. The van der Waals surface area contributed by atoms with Gasteiger partial charge in [-0.3, -0.25) is 9.10 Å². The lowest BCUT2D eigenvalue weighted by Crippen LogP contribution is -2.29. The van der Waals surface area contributed by atoms with Gasteiger partial charge in [0.25, 0.3) is 5.91 Å². The van der Waals surface area contributed by atoms with Gasteiger partial charge in [-0.2, -0.15) is 0 Å². The number of methoxy groups -OCH3 is 2. The lowest BCUT2D eigenvalue weighted by Gasteiger charge is -2.23. The van der Waals surface area contributed by atoms with Crippen molar-refractivity contribution in [3.63, 3.8) is 0 Å². The summed E-state index contributed by atoms with van der Waals surface area (Å²) >= 11 is 0. The minimum atomic E-state index is -3.48. The number of anilines is 2. The van der Waals surface area contributed by atoms with Crippen molar-refractivity contribution >= 4 is 27.3 Å². The first-order valence-corrected chi connectivity index (χ1v) is 11.7. The van der Waals surface area contributed by atoms with Crippen LogP contribution in [0.3, 0.4) is 0 Å². The molecular weight excluding hydrogens is 428 g/mol. The molecular formula is C24H26N2O5S. The van der Waals surface area contributed by atoms with Crippen LogP contribution in [0, 0.1) is 6.92 Å². The molecule has 0 radical (unpaired) electrons. The number of sulfonamides is 1. The number of rotatable bonds is 8. The third-order valence-electron chi connectivity index (χ3n) is 4.89. The van der Waals surface area contributed by atoms with Crippen LogP contribution in [0.1, 0.15) is 21.5 Å². The molecule has 3 rings (SSSR count). The molecule has 0 spiro atoms. The molecule has 0 aliphatic heterocycles. The second-order valence-electron chi connectivity index (χ2n) is 7.33. The lowest BCUT2D eigenvalue weighted by atomic mass is 10.1. The topological polar surface area (TPSA) is 84.9 Å². The van der Waals surface area contributed by atoms with Crippen molar-refractivity contribution in [2.24, 2.45) is 0 Å². The Morgan fingerprint density at radius 3 is 2.28 bits per heavy atom. The number of benzene rings is 3. The van der Waals surface area contributed by atoms with Gasteiger partial charge in [-0.05, 0) is 54.4 Å². The van der Waals surface area contributed by atoms with Crippen LogP contribution in [0.5, 0.6) is 11.5 Å². The summed E-state index contributed by atoms with van der Waals surface area (Å²) < 4.78 is 36.6. The molecule has 0 aromatic heterocycles. The van der Waals surface area contributed by atoms with E-state index in [1.165, 1.54) is 17.7 Å². The van der Waals surface area contributed by atoms with Gasteiger partial charge < -0.3 is 14.8 Å². The van der Waals surface area contributed by atoms with Crippen molar-refractivity contribution in [1.29, 1.82) is 0 Å². The minimum Gasteiger partial charge on any atom is -0.497 e. The summed E-state index contributed by atoms with van der Waals surface area (Å²) in [5, 5.41) is 2.82. The van der Waals surface area contributed by atoms with E-state index in [9.17, 15) is 13.2 Å². The van der Waals surface area contributed by atoms with E-state index in [1.54, 1.807) is 55.6 Å². The molecule has 3 aromatic rings. The van der Waals surface area contributed by atoms with Crippen LogP contribution in [-0.4, -0.2) is 34.8 Å². The molecule has 0 atom stereocenters. The zero-order valence-electron chi connectivity index (χ0n) is 18.5. The smallest absolute Gasteiger partial charge is 0.255 e. The summed E-state index contributed by atoms with van der Waals surface area (Å²) in [6, 6.07) is 19.3. The first kappa shape index (κ1) is 23.1. The van der Waals surface area contributed by atoms with Crippen molar-refractivity contribution in [3.05, 3.63) is 83.4 Å². The number of aryl methyl sites for hydroxylation is 1. The average molecular weight is 455 g/mol. The second kappa shape index (κ2) is 9.74. The summed E-state index contributed by atoms with van der Waals surface area (Å²) in [4.78, 5) is 12.7. The molecule has 7 nitrogen and oxygen atoms in total. The number of amides is 1. The third-order valence-corrected chi connectivity index (χ3v) is 6.03. The number of nitrogens with one attached hydrogen (secondary N) is 1. The molecule has 1 N–H and O–H groups in total. The Balaban J connectivity index is 1.77. The molecule has 0 aliphatic rings. The van der Waals surface area contributed by atoms with E-state index in [0.29, 0.717) is 28.4 Å². The monoisotopic (exact) mass is 454 g/mol. The normalized spacial score (nSPS) is 11.0. The molecule has 0 unspecified atom stereocenters. The first-order chi connectivity index (χ1) is 15.2. The third kappa shape index (κ3) is 5.59. The van der Waals surface area contributed by atoms with Crippen LogP contribution in [0.15, 0.2) is 66.7 Å². The van der Waals surface area contributed by atoms with E-state index in [-0.39, 0.29) is 12.5 Å². The van der Waals surface area contributed by atoms with Gasteiger partial charge in [0.2, 0.25) is 10.0 Å². The van der Waals surface area contributed by atoms with E-state index < -0.39 is 10.0 Å². The number of hydrogen-bond acceptors (Lipinski definition) is 5. The minimum absolute atomic E-state index is 0.163. The Morgan fingerprint density at radius 1 is 0.969 bits per heavy atom. The fourth-order valence-corrected chi connectivity index (χ4v) is 4.09. The van der Waals surface area contributed by atoms with Gasteiger partial charge in [0, 0.05) is 11.6 Å². The predicted molar refractivity (Wildman–Crippen MR) is 126 cm³/mol. The number of ether oxygens (including phenoxy) is 2. The first-order valence-electron chi connectivity index (χ1n) is 9.88. The Morgan fingerprint density at radius 2 is 1.69 bits per heavy atom. The predicted octanol–water partition coefficient (Wildman–Crippen LogP) is 4.23. The van der Waals surface area contributed by atoms with E-state index in [2.05, 4.69) is 5.32 Å². The molecule has 8 heteroatoms. The Hall–Kier alpha value is -3.52. The summed E-state index contributed by atoms with van der Waals surface area (Å²) in [5.41, 5.74) is 3.28. The quantitative estimate of drug-likeness (QED) is 0.551. The molecule has 3 aromatic carbocycles. The molecule has 0 saturated heterocycles. The largest absolute Gasteiger partial charge is 0.497 e. The average Bonchev–Trinajstić information content (AvgIpc) is 2.77. The van der Waals surface area contributed by atoms with E-state index >= 15 is 0 Å². The SMILES string of the molecule is COc1ccc(NC(=O)c2ccc(CN(c3cccc(C)c3)S(C)(=O)=O)cc2)c(OC)c1. The molecule has 0 fully saturated rings. The zero-order valence-corrected chi connectivity index (χ0v) is 19.3. The maximum Gasteiger partial charge on any atom is 0.255 e. The molecule has 0 aliphatic carbocycles. The van der Waals surface area contributed by atoms with E-state index in [1.807, 2.05) is 25.1 Å². The Bertz CT molecular complexity index is 1210. The Kier molecular flexibility index (Phi) is 7.05. The van der Waals surface area contributed by atoms with Crippen molar-refractivity contribution < 1.29 is 22.7 Å². The van der Waals surface area contributed by atoms with Gasteiger partial charge in [-0.15, -0.1) is 0 Å². The van der Waals surface area contributed by atoms with Crippen LogP contribution >= 0.6 is 0 Å². The summed E-state index contributed by atoms with van der Waals surface area (Å²) in [5.74, 6) is 0.795. The number of nitrogens with zero attached hydrogens (tertiary/aromatic N) is 1. The lowest BCUT2D eigenvalue weighted by molar-refractivity contribution is 0.102. The van der Waals surface area contributed by atoms with E-state index in [4.69, 9.17) is 9.47 Å². The van der Waals surface area contributed by atoms with Crippen molar-refractivity contribution in [1.82, 2.24) is 0 Å². The fourth-order valence-electron chi connectivity index (χ4n) is 3.21. The summed E-state index contributed by atoms with van der Waals surface area (Å²) in [6.07, 6.45) is 1.18.